The van der Waals surface area contributed by atoms with Crippen molar-refractivity contribution in [2.24, 2.45) is 0 Å². The molecule has 0 fully saturated rings. The first-order valence-electron chi connectivity index (χ1n) is 3.62. The zero-order valence-electron chi connectivity index (χ0n) is 7.40. The number of nitrogens with zero attached hydrogens (tertiary/aromatic N) is 1. The lowest BCUT2D eigenvalue weighted by atomic mass is 10.2. The standard InChI is InChI=1S/C7H5ClFNO4S/c1-4-2-5(15(8,13)14)3-6(9)7(4)10(11)12/h2-3H,1H3. The number of hydrogen-bond donors (Lipinski definition) is 0. The van der Waals surface area contributed by atoms with E-state index >= 15 is 0 Å². The summed E-state index contributed by atoms with van der Waals surface area (Å²) in [6.45, 7) is 1.23. The van der Waals surface area contributed by atoms with Crippen molar-refractivity contribution in [2.75, 3.05) is 0 Å². The van der Waals surface area contributed by atoms with Crippen molar-refractivity contribution in [1.29, 1.82) is 0 Å². The van der Waals surface area contributed by atoms with Crippen LogP contribution in [0.3, 0.4) is 0 Å². The summed E-state index contributed by atoms with van der Waals surface area (Å²) < 4.78 is 34.8. The van der Waals surface area contributed by atoms with Crippen molar-refractivity contribution in [1.82, 2.24) is 0 Å². The average Bonchev–Trinajstić information content (AvgIpc) is 1.99. The highest BCUT2D eigenvalue weighted by Crippen LogP contribution is 2.27. The fourth-order valence-electron chi connectivity index (χ4n) is 1.08. The van der Waals surface area contributed by atoms with Crippen molar-refractivity contribution in [3.8, 4) is 0 Å². The predicted molar refractivity (Wildman–Crippen MR) is 50.8 cm³/mol. The van der Waals surface area contributed by atoms with Crippen LogP contribution in [0.5, 0.6) is 0 Å². The highest BCUT2D eigenvalue weighted by Gasteiger charge is 2.22. The molecule has 0 aromatic heterocycles. The van der Waals surface area contributed by atoms with Crippen LogP contribution < -0.4 is 0 Å². The molecule has 8 heteroatoms. The molecule has 1 aromatic rings. The summed E-state index contributed by atoms with van der Waals surface area (Å²) in [5.74, 6) is -1.22. The monoisotopic (exact) mass is 253 g/mol. The number of benzene rings is 1. The fraction of sp³-hybridized carbons (Fsp3) is 0.143. The zero-order valence-corrected chi connectivity index (χ0v) is 8.97. The second kappa shape index (κ2) is 3.74. The van der Waals surface area contributed by atoms with Crippen LogP contribution in [0.4, 0.5) is 10.1 Å². The van der Waals surface area contributed by atoms with Gasteiger partial charge in [0.2, 0.25) is 5.82 Å². The highest BCUT2D eigenvalue weighted by atomic mass is 35.7. The fourth-order valence-corrected chi connectivity index (χ4v) is 1.91. The summed E-state index contributed by atoms with van der Waals surface area (Å²) in [7, 11) is 0.889. The molecule has 0 atom stereocenters. The molecule has 0 radical (unpaired) electrons. The van der Waals surface area contributed by atoms with Gasteiger partial charge in [-0.15, -0.1) is 0 Å². The minimum atomic E-state index is -4.08. The SMILES string of the molecule is Cc1cc(S(=O)(=O)Cl)cc(F)c1[N+](=O)[O-]. The van der Waals surface area contributed by atoms with Crippen LogP contribution in [0.1, 0.15) is 5.56 Å². The molecule has 0 bridgehead atoms. The molecule has 0 aliphatic heterocycles. The van der Waals surface area contributed by atoms with Crippen LogP contribution in [-0.4, -0.2) is 13.3 Å². The van der Waals surface area contributed by atoms with Gasteiger partial charge in [-0.2, -0.15) is 4.39 Å². The normalized spacial score (nSPS) is 11.4. The van der Waals surface area contributed by atoms with Gasteiger partial charge in [0.25, 0.3) is 9.05 Å². The summed E-state index contributed by atoms with van der Waals surface area (Å²) >= 11 is 0. The molecule has 0 unspecified atom stereocenters. The summed E-state index contributed by atoms with van der Waals surface area (Å²) in [5, 5.41) is 10.4. The Kier molecular flexibility index (Phi) is 2.96. The molecule has 0 spiro atoms. The third-order valence-electron chi connectivity index (χ3n) is 1.69. The van der Waals surface area contributed by atoms with Crippen molar-refractivity contribution >= 4 is 25.4 Å². The molecular formula is C7H5ClFNO4S. The van der Waals surface area contributed by atoms with Gasteiger partial charge in [-0.05, 0) is 13.0 Å². The van der Waals surface area contributed by atoms with Gasteiger partial charge in [0, 0.05) is 22.3 Å². The Bertz CT molecular complexity index is 505. The molecule has 1 rings (SSSR count). The Morgan fingerprint density at radius 3 is 2.33 bits per heavy atom. The highest BCUT2D eigenvalue weighted by molar-refractivity contribution is 8.13. The lowest BCUT2D eigenvalue weighted by molar-refractivity contribution is -0.388. The second-order valence-electron chi connectivity index (χ2n) is 2.77. The molecule has 0 heterocycles. The van der Waals surface area contributed by atoms with Crippen LogP contribution in [0.2, 0.25) is 0 Å². The molecule has 15 heavy (non-hydrogen) atoms. The van der Waals surface area contributed by atoms with E-state index in [0.717, 1.165) is 6.07 Å². The number of halogens is 2. The van der Waals surface area contributed by atoms with Gasteiger partial charge in [-0.25, -0.2) is 8.42 Å². The smallest absolute Gasteiger partial charge is 0.258 e. The molecule has 0 amide bonds. The Morgan fingerprint density at radius 2 is 2.00 bits per heavy atom. The topological polar surface area (TPSA) is 77.3 Å². The van der Waals surface area contributed by atoms with Gasteiger partial charge in [0.1, 0.15) is 0 Å². The van der Waals surface area contributed by atoms with Gasteiger partial charge in [-0.1, -0.05) is 0 Å². The second-order valence-corrected chi connectivity index (χ2v) is 5.33. The maximum absolute atomic E-state index is 13.1. The number of hydrogen-bond acceptors (Lipinski definition) is 4. The van der Waals surface area contributed by atoms with Crippen LogP contribution in [0, 0.1) is 22.9 Å². The minimum absolute atomic E-state index is 0.0979. The van der Waals surface area contributed by atoms with E-state index in [2.05, 4.69) is 0 Å². The maximum Gasteiger partial charge on any atom is 0.307 e. The minimum Gasteiger partial charge on any atom is -0.258 e. The summed E-state index contributed by atoms with van der Waals surface area (Å²) in [4.78, 5) is 8.97. The molecule has 82 valence electrons. The molecule has 0 aliphatic carbocycles. The van der Waals surface area contributed by atoms with Gasteiger partial charge < -0.3 is 0 Å². The first-order chi connectivity index (χ1) is 6.73. The van der Waals surface area contributed by atoms with Crippen molar-refractivity contribution < 1.29 is 17.7 Å². The van der Waals surface area contributed by atoms with E-state index in [-0.39, 0.29) is 5.56 Å². The van der Waals surface area contributed by atoms with Gasteiger partial charge in [0.15, 0.2) is 0 Å². The first kappa shape index (κ1) is 11.9. The molecular weight excluding hydrogens is 249 g/mol. The van der Waals surface area contributed by atoms with E-state index < -0.39 is 30.4 Å². The Morgan fingerprint density at radius 1 is 1.47 bits per heavy atom. The van der Waals surface area contributed by atoms with Crippen LogP contribution in [0.25, 0.3) is 0 Å². The average molecular weight is 254 g/mol. The molecule has 0 aliphatic rings. The predicted octanol–water partition coefficient (Wildman–Crippen LogP) is 1.97. The quantitative estimate of drug-likeness (QED) is 0.459. The van der Waals surface area contributed by atoms with E-state index in [1.165, 1.54) is 6.92 Å². The lowest BCUT2D eigenvalue weighted by Gasteiger charge is -2.01. The third kappa shape index (κ3) is 2.42. The van der Waals surface area contributed by atoms with Crippen molar-refractivity contribution in [2.45, 2.75) is 11.8 Å². The number of nitro groups is 1. The van der Waals surface area contributed by atoms with Crippen molar-refractivity contribution in [3.63, 3.8) is 0 Å². The molecule has 5 nitrogen and oxygen atoms in total. The van der Waals surface area contributed by atoms with E-state index in [4.69, 9.17) is 10.7 Å². The maximum atomic E-state index is 13.1. The number of nitro benzene ring substituents is 1. The number of rotatable bonds is 2. The molecule has 0 N–H and O–H groups in total. The molecule has 1 aromatic carbocycles. The Balaban J connectivity index is 3.52. The largest absolute Gasteiger partial charge is 0.307 e. The Hall–Kier alpha value is -1.21. The zero-order chi connectivity index (χ0) is 11.8. The lowest BCUT2D eigenvalue weighted by Crippen LogP contribution is -1.99. The first-order valence-corrected chi connectivity index (χ1v) is 5.93. The summed E-state index contributed by atoms with van der Waals surface area (Å²) in [5.41, 5.74) is -0.849. The van der Waals surface area contributed by atoms with Crippen LogP contribution in [0.15, 0.2) is 17.0 Å². The van der Waals surface area contributed by atoms with Crippen LogP contribution in [-0.2, 0) is 9.05 Å². The van der Waals surface area contributed by atoms with E-state index in [0.29, 0.717) is 6.07 Å². The number of aryl methyl sites for hydroxylation is 1. The van der Waals surface area contributed by atoms with Crippen LogP contribution >= 0.6 is 10.7 Å². The van der Waals surface area contributed by atoms with E-state index in [1.807, 2.05) is 0 Å². The van der Waals surface area contributed by atoms with E-state index in [1.54, 1.807) is 0 Å². The van der Waals surface area contributed by atoms with Gasteiger partial charge >= 0.3 is 5.69 Å². The summed E-state index contributed by atoms with van der Waals surface area (Å²) in [6.07, 6.45) is 0. The molecule has 0 saturated carbocycles. The van der Waals surface area contributed by atoms with Crippen molar-refractivity contribution in [3.05, 3.63) is 33.6 Å². The van der Waals surface area contributed by atoms with Gasteiger partial charge in [-0.3, -0.25) is 10.1 Å². The Labute approximate surface area is 89.0 Å². The van der Waals surface area contributed by atoms with E-state index in [9.17, 15) is 22.9 Å². The molecule has 0 saturated heterocycles. The van der Waals surface area contributed by atoms with Gasteiger partial charge in [0.05, 0.1) is 9.82 Å². The third-order valence-corrected chi connectivity index (χ3v) is 3.02. The summed E-state index contributed by atoms with van der Waals surface area (Å²) in [6, 6.07) is 1.47.